The molecule has 0 spiro atoms. The van der Waals surface area contributed by atoms with Gasteiger partial charge in [-0.15, -0.1) is 0 Å². The standard InChI is InChI=1S/C27H24N2O4/c1-2-32-25-13-6-5-12-24(25)29-27(31)21-10-7-11-22(16-21)28-26(30)18-33-23-15-14-19-8-3-4-9-20(19)17-23/h3-17H,2,18H2,1H3,(H,28,30)(H,29,31). The quantitative estimate of drug-likeness (QED) is 0.379. The number of amides is 2. The number of carbonyl (C=O) groups is 2. The Kier molecular flexibility index (Phi) is 6.85. The molecule has 0 heterocycles. The minimum atomic E-state index is -0.317. The molecule has 2 amide bonds. The fourth-order valence-electron chi connectivity index (χ4n) is 3.39. The molecule has 0 aliphatic rings. The van der Waals surface area contributed by atoms with Gasteiger partial charge in [-0.2, -0.15) is 0 Å². The third-order valence-electron chi connectivity index (χ3n) is 4.93. The number of hydrogen-bond acceptors (Lipinski definition) is 4. The van der Waals surface area contributed by atoms with Gasteiger partial charge in [-0.25, -0.2) is 0 Å². The molecular formula is C27H24N2O4. The Hall–Kier alpha value is -4.32. The molecule has 0 atom stereocenters. The Balaban J connectivity index is 1.37. The van der Waals surface area contributed by atoms with Crippen molar-refractivity contribution in [3.8, 4) is 11.5 Å². The maximum absolute atomic E-state index is 12.7. The second-order valence-electron chi connectivity index (χ2n) is 7.31. The molecule has 0 saturated heterocycles. The first-order valence-electron chi connectivity index (χ1n) is 10.7. The fraction of sp³-hybridized carbons (Fsp3) is 0.111. The molecule has 4 aromatic carbocycles. The predicted octanol–water partition coefficient (Wildman–Crippen LogP) is 5.51. The number of hydrogen-bond donors (Lipinski definition) is 2. The number of rotatable bonds is 8. The van der Waals surface area contributed by atoms with Crippen LogP contribution in [0.2, 0.25) is 0 Å². The zero-order valence-electron chi connectivity index (χ0n) is 18.2. The second-order valence-corrected chi connectivity index (χ2v) is 7.31. The van der Waals surface area contributed by atoms with Crippen LogP contribution in [-0.2, 0) is 4.79 Å². The van der Waals surface area contributed by atoms with Crippen molar-refractivity contribution in [2.45, 2.75) is 6.92 Å². The summed E-state index contributed by atoms with van der Waals surface area (Å²) in [5, 5.41) is 7.77. The van der Waals surface area contributed by atoms with E-state index in [2.05, 4.69) is 10.6 Å². The minimum absolute atomic E-state index is 0.142. The van der Waals surface area contributed by atoms with Crippen LogP contribution in [-0.4, -0.2) is 25.0 Å². The van der Waals surface area contributed by atoms with Crippen LogP contribution in [0.1, 0.15) is 17.3 Å². The molecule has 33 heavy (non-hydrogen) atoms. The molecule has 4 aromatic rings. The van der Waals surface area contributed by atoms with Crippen molar-refractivity contribution in [2.75, 3.05) is 23.8 Å². The molecule has 0 aromatic heterocycles. The Morgan fingerprint density at radius 1 is 0.758 bits per heavy atom. The first-order chi connectivity index (χ1) is 16.1. The molecule has 0 saturated carbocycles. The smallest absolute Gasteiger partial charge is 0.262 e. The van der Waals surface area contributed by atoms with E-state index in [1.165, 1.54) is 0 Å². The summed E-state index contributed by atoms with van der Waals surface area (Å²) in [4.78, 5) is 25.1. The SMILES string of the molecule is CCOc1ccccc1NC(=O)c1cccc(NC(=O)COc2ccc3ccccc3c2)c1. The second kappa shape index (κ2) is 10.3. The molecule has 0 unspecified atom stereocenters. The van der Waals surface area contributed by atoms with Gasteiger partial charge in [-0.3, -0.25) is 9.59 Å². The van der Waals surface area contributed by atoms with Gasteiger partial charge < -0.3 is 20.1 Å². The highest BCUT2D eigenvalue weighted by atomic mass is 16.5. The van der Waals surface area contributed by atoms with Crippen LogP contribution >= 0.6 is 0 Å². The van der Waals surface area contributed by atoms with Crippen LogP contribution in [0.5, 0.6) is 11.5 Å². The molecule has 0 aliphatic carbocycles. The zero-order valence-corrected chi connectivity index (χ0v) is 18.2. The van der Waals surface area contributed by atoms with Crippen molar-refractivity contribution < 1.29 is 19.1 Å². The lowest BCUT2D eigenvalue weighted by atomic mass is 10.1. The van der Waals surface area contributed by atoms with E-state index < -0.39 is 0 Å². The van der Waals surface area contributed by atoms with E-state index in [-0.39, 0.29) is 18.4 Å². The van der Waals surface area contributed by atoms with E-state index in [0.717, 1.165) is 10.8 Å². The highest BCUT2D eigenvalue weighted by Gasteiger charge is 2.11. The van der Waals surface area contributed by atoms with Crippen molar-refractivity contribution >= 4 is 34.0 Å². The van der Waals surface area contributed by atoms with Gasteiger partial charge in [0.25, 0.3) is 11.8 Å². The van der Waals surface area contributed by atoms with Crippen molar-refractivity contribution in [3.05, 3.63) is 96.6 Å². The van der Waals surface area contributed by atoms with Crippen LogP contribution < -0.4 is 20.1 Å². The Labute approximate surface area is 192 Å². The van der Waals surface area contributed by atoms with Crippen LogP contribution in [0, 0.1) is 0 Å². The van der Waals surface area contributed by atoms with Gasteiger partial charge in [-0.1, -0.05) is 48.5 Å². The third kappa shape index (κ3) is 5.68. The lowest BCUT2D eigenvalue weighted by Gasteiger charge is -2.12. The predicted molar refractivity (Wildman–Crippen MR) is 130 cm³/mol. The van der Waals surface area contributed by atoms with Gasteiger partial charge in [0.15, 0.2) is 6.61 Å². The number of ether oxygens (including phenoxy) is 2. The Morgan fingerprint density at radius 3 is 2.39 bits per heavy atom. The topological polar surface area (TPSA) is 76.7 Å². The molecule has 4 rings (SSSR count). The summed E-state index contributed by atoms with van der Waals surface area (Å²) >= 11 is 0. The monoisotopic (exact) mass is 440 g/mol. The molecule has 0 fully saturated rings. The Morgan fingerprint density at radius 2 is 1.55 bits per heavy atom. The highest BCUT2D eigenvalue weighted by molar-refractivity contribution is 6.06. The summed E-state index contributed by atoms with van der Waals surface area (Å²) in [6.45, 7) is 2.24. The number of fused-ring (bicyclic) bond motifs is 1. The maximum atomic E-state index is 12.7. The van der Waals surface area contributed by atoms with Crippen LogP contribution in [0.25, 0.3) is 10.8 Å². The van der Waals surface area contributed by atoms with Crippen molar-refractivity contribution in [1.29, 1.82) is 0 Å². The largest absolute Gasteiger partial charge is 0.492 e. The van der Waals surface area contributed by atoms with Crippen molar-refractivity contribution in [1.82, 2.24) is 0 Å². The minimum Gasteiger partial charge on any atom is -0.492 e. The van der Waals surface area contributed by atoms with E-state index in [1.807, 2.05) is 61.5 Å². The van der Waals surface area contributed by atoms with Crippen molar-refractivity contribution in [2.24, 2.45) is 0 Å². The number of nitrogens with one attached hydrogen (secondary N) is 2. The summed E-state index contributed by atoms with van der Waals surface area (Å²) in [5.41, 5.74) is 1.50. The lowest BCUT2D eigenvalue weighted by molar-refractivity contribution is -0.118. The van der Waals surface area contributed by atoms with Gasteiger partial charge in [0.05, 0.1) is 12.3 Å². The molecule has 0 bridgehead atoms. The maximum Gasteiger partial charge on any atom is 0.262 e. The van der Waals surface area contributed by atoms with Gasteiger partial charge in [-0.05, 0) is 60.2 Å². The summed E-state index contributed by atoms with van der Waals surface area (Å²) < 4.78 is 11.2. The number of carbonyl (C=O) groups excluding carboxylic acids is 2. The average Bonchev–Trinajstić information content (AvgIpc) is 2.84. The number of benzene rings is 4. The van der Waals surface area contributed by atoms with E-state index in [9.17, 15) is 9.59 Å². The molecule has 166 valence electrons. The average molecular weight is 440 g/mol. The third-order valence-corrected chi connectivity index (χ3v) is 4.93. The zero-order chi connectivity index (χ0) is 23.0. The van der Waals surface area contributed by atoms with E-state index in [4.69, 9.17) is 9.47 Å². The molecule has 0 aliphatic heterocycles. The van der Waals surface area contributed by atoms with E-state index in [0.29, 0.717) is 35.0 Å². The Bertz CT molecular complexity index is 1290. The molecule has 6 heteroatoms. The first-order valence-corrected chi connectivity index (χ1v) is 10.7. The highest BCUT2D eigenvalue weighted by Crippen LogP contribution is 2.25. The molecule has 2 N–H and O–H groups in total. The van der Waals surface area contributed by atoms with Crippen LogP contribution in [0.3, 0.4) is 0 Å². The van der Waals surface area contributed by atoms with Crippen LogP contribution in [0.4, 0.5) is 11.4 Å². The van der Waals surface area contributed by atoms with Gasteiger partial charge in [0.1, 0.15) is 11.5 Å². The van der Waals surface area contributed by atoms with Gasteiger partial charge in [0.2, 0.25) is 0 Å². The molecule has 6 nitrogen and oxygen atoms in total. The van der Waals surface area contributed by atoms with E-state index in [1.54, 1.807) is 36.4 Å². The molecular weight excluding hydrogens is 416 g/mol. The van der Waals surface area contributed by atoms with Gasteiger partial charge >= 0.3 is 0 Å². The number of para-hydroxylation sites is 2. The number of anilines is 2. The fourth-order valence-corrected chi connectivity index (χ4v) is 3.39. The van der Waals surface area contributed by atoms with Gasteiger partial charge in [0, 0.05) is 11.3 Å². The normalized spacial score (nSPS) is 10.5. The summed E-state index contributed by atoms with van der Waals surface area (Å²) in [6, 6.07) is 27.6. The van der Waals surface area contributed by atoms with Crippen LogP contribution in [0.15, 0.2) is 91.0 Å². The summed E-state index contributed by atoms with van der Waals surface area (Å²) in [7, 11) is 0. The molecule has 0 radical (unpaired) electrons. The summed E-state index contributed by atoms with van der Waals surface area (Å²) in [5.74, 6) is 0.599. The van der Waals surface area contributed by atoms with E-state index >= 15 is 0 Å². The first kappa shape index (κ1) is 21.9. The van der Waals surface area contributed by atoms with Crippen molar-refractivity contribution in [3.63, 3.8) is 0 Å². The lowest BCUT2D eigenvalue weighted by Crippen LogP contribution is -2.20. The summed E-state index contributed by atoms with van der Waals surface area (Å²) in [6.07, 6.45) is 0.